The Bertz CT molecular complexity index is 1740. The van der Waals surface area contributed by atoms with E-state index in [1.54, 1.807) is 29.1 Å². The van der Waals surface area contributed by atoms with Crippen molar-refractivity contribution in [1.29, 1.82) is 0 Å². The Morgan fingerprint density at radius 2 is 1.56 bits per heavy atom. The molecule has 0 atom stereocenters. The summed E-state index contributed by atoms with van der Waals surface area (Å²) in [5, 5.41) is 5.78. The van der Waals surface area contributed by atoms with Gasteiger partial charge in [-0.15, -0.1) is 0 Å². The number of hydrogen-bond donors (Lipinski definition) is 0. The number of nitrogens with zero attached hydrogens (tertiary/aromatic N) is 3. The van der Waals surface area contributed by atoms with Gasteiger partial charge < -0.3 is 8.92 Å². The average molecular weight is 576 g/mol. The minimum Gasteiger partial charge on any atom is -0.492 e. The van der Waals surface area contributed by atoms with Gasteiger partial charge >= 0.3 is 10.1 Å². The molecule has 10 heteroatoms. The molecule has 39 heavy (non-hydrogen) atoms. The van der Waals surface area contributed by atoms with Gasteiger partial charge in [-0.2, -0.15) is 13.5 Å². The van der Waals surface area contributed by atoms with E-state index in [1.807, 2.05) is 48.5 Å². The zero-order chi connectivity index (χ0) is 27.4. The molecule has 0 unspecified atom stereocenters. The second-order valence-corrected chi connectivity index (χ2v) is 10.6. The van der Waals surface area contributed by atoms with Gasteiger partial charge in [0.25, 0.3) is 0 Å². The number of para-hydroxylation sites is 1. The summed E-state index contributed by atoms with van der Waals surface area (Å²) >= 11 is 11.9. The fourth-order valence-electron chi connectivity index (χ4n) is 3.60. The third kappa shape index (κ3) is 6.07. The van der Waals surface area contributed by atoms with E-state index in [0.29, 0.717) is 27.1 Å². The smallest absolute Gasteiger partial charge is 0.339 e. The SMILES string of the molecule is COc1cc(C=Nc2cc(-c3ccc(Cl)cc3)nn2-c2ccccc2)c#cc1OS(=O)(=O)c1ccc(Cl)cc1. The third-order valence-electron chi connectivity index (χ3n) is 5.51. The lowest BCUT2D eigenvalue weighted by atomic mass is 10.1. The van der Waals surface area contributed by atoms with Gasteiger partial charge in [0.1, 0.15) is 4.90 Å². The summed E-state index contributed by atoms with van der Waals surface area (Å²) in [6, 6.07) is 31.6. The van der Waals surface area contributed by atoms with Gasteiger partial charge in [0, 0.05) is 39.5 Å². The maximum absolute atomic E-state index is 12.7. The lowest BCUT2D eigenvalue weighted by molar-refractivity contribution is 0.390. The molecule has 0 radical (unpaired) electrons. The van der Waals surface area contributed by atoms with Crippen molar-refractivity contribution < 1.29 is 17.3 Å². The molecule has 0 bridgehead atoms. The van der Waals surface area contributed by atoms with Crippen molar-refractivity contribution in [2.75, 3.05) is 7.11 Å². The molecular formula is C29H19Cl2N3O4S. The van der Waals surface area contributed by atoms with E-state index in [-0.39, 0.29) is 16.4 Å². The first-order valence-electron chi connectivity index (χ1n) is 11.5. The Kier molecular flexibility index (Phi) is 7.57. The van der Waals surface area contributed by atoms with Crippen molar-refractivity contribution in [3.8, 4) is 28.4 Å². The van der Waals surface area contributed by atoms with Crippen molar-refractivity contribution in [3.63, 3.8) is 0 Å². The van der Waals surface area contributed by atoms with Crippen LogP contribution in [0.25, 0.3) is 16.9 Å². The van der Waals surface area contributed by atoms with Crippen LogP contribution in [0.4, 0.5) is 5.82 Å². The van der Waals surface area contributed by atoms with Crippen LogP contribution in [0.1, 0.15) is 5.56 Å². The topological polar surface area (TPSA) is 82.8 Å². The van der Waals surface area contributed by atoms with Gasteiger partial charge in [-0.1, -0.05) is 59.6 Å². The van der Waals surface area contributed by atoms with E-state index in [0.717, 1.165) is 11.3 Å². The maximum Gasteiger partial charge on any atom is 0.339 e. The number of aromatic nitrogens is 2. The van der Waals surface area contributed by atoms with Crippen LogP contribution in [0.5, 0.6) is 11.5 Å². The Labute approximate surface area is 236 Å². The van der Waals surface area contributed by atoms with Gasteiger partial charge in [0.05, 0.1) is 18.5 Å². The Hall–Kier alpha value is -4.29. The largest absolute Gasteiger partial charge is 0.492 e. The van der Waals surface area contributed by atoms with Gasteiger partial charge in [-0.3, -0.25) is 0 Å². The first-order chi connectivity index (χ1) is 18.8. The first-order valence-corrected chi connectivity index (χ1v) is 13.7. The summed E-state index contributed by atoms with van der Waals surface area (Å²) in [5.41, 5.74) is 2.91. The molecule has 0 aliphatic carbocycles. The summed E-state index contributed by atoms with van der Waals surface area (Å²) in [7, 11) is -2.74. The second kappa shape index (κ2) is 11.2. The maximum atomic E-state index is 12.7. The molecule has 0 fully saturated rings. The van der Waals surface area contributed by atoms with Gasteiger partial charge in [-0.05, 0) is 54.6 Å². The number of ether oxygens (including phenoxy) is 1. The number of aliphatic imine (C=N–C) groups is 1. The Morgan fingerprint density at radius 3 is 2.23 bits per heavy atom. The minimum absolute atomic E-state index is 0.0568. The monoisotopic (exact) mass is 575 g/mol. The van der Waals surface area contributed by atoms with E-state index < -0.39 is 10.1 Å². The van der Waals surface area contributed by atoms with Crippen LogP contribution < -0.4 is 8.92 Å². The normalized spacial score (nSPS) is 11.4. The van der Waals surface area contributed by atoms with Crippen molar-refractivity contribution >= 4 is 45.4 Å². The number of rotatable bonds is 8. The number of benzene rings is 3. The molecule has 7 nitrogen and oxygen atoms in total. The summed E-state index contributed by atoms with van der Waals surface area (Å²) in [4.78, 5) is 4.57. The summed E-state index contributed by atoms with van der Waals surface area (Å²) in [6.45, 7) is 0. The molecule has 0 spiro atoms. The minimum atomic E-state index is -4.14. The predicted molar refractivity (Wildman–Crippen MR) is 151 cm³/mol. The first kappa shape index (κ1) is 26.3. The van der Waals surface area contributed by atoms with Crippen LogP contribution >= 0.6 is 23.2 Å². The summed E-state index contributed by atoms with van der Waals surface area (Å²) < 4.78 is 37.7. The van der Waals surface area contributed by atoms with Crippen LogP contribution in [-0.2, 0) is 10.1 Å². The lowest BCUT2D eigenvalue weighted by Crippen LogP contribution is -2.10. The van der Waals surface area contributed by atoms with Crippen molar-refractivity contribution in [2.45, 2.75) is 4.90 Å². The molecule has 0 aliphatic heterocycles. The molecule has 5 rings (SSSR count). The van der Waals surface area contributed by atoms with Gasteiger partial charge in [0.15, 0.2) is 11.6 Å². The summed E-state index contributed by atoms with van der Waals surface area (Å²) in [6.07, 6.45) is 1.55. The third-order valence-corrected chi connectivity index (χ3v) is 7.25. The molecule has 5 aromatic rings. The van der Waals surface area contributed by atoms with Crippen molar-refractivity contribution in [3.05, 3.63) is 119 Å². The number of methoxy groups -OCH3 is 1. The highest BCUT2D eigenvalue weighted by Crippen LogP contribution is 2.30. The van der Waals surface area contributed by atoms with Gasteiger partial charge in [-0.25, -0.2) is 9.67 Å². The molecule has 0 amide bonds. The van der Waals surface area contributed by atoms with Gasteiger partial charge in [0.2, 0.25) is 5.75 Å². The molecular weight excluding hydrogens is 557 g/mol. The number of hydrogen-bond acceptors (Lipinski definition) is 6. The van der Waals surface area contributed by atoms with E-state index in [9.17, 15) is 8.42 Å². The molecule has 4 aromatic carbocycles. The van der Waals surface area contributed by atoms with E-state index >= 15 is 0 Å². The standard InChI is InChI=1S/C29H19Cl2N3O4S/c1-37-28-17-20(7-16-27(28)38-39(35,36)25-14-12-23(31)13-15-25)19-32-29-18-26(21-8-10-22(30)11-9-21)33-34(29)24-5-3-2-4-6-24/h2-6,8-15,17-19H,1H3. The molecule has 0 aliphatic rings. The molecule has 0 saturated carbocycles. The van der Waals surface area contributed by atoms with Crippen LogP contribution in [0.2, 0.25) is 10.0 Å². The lowest BCUT2D eigenvalue weighted by Gasteiger charge is -2.09. The fraction of sp³-hybridized carbons (Fsp3) is 0.0345. The van der Waals surface area contributed by atoms with Crippen LogP contribution in [-0.4, -0.2) is 31.5 Å². The number of halogens is 2. The molecule has 0 N–H and O–H groups in total. The Morgan fingerprint density at radius 1 is 0.897 bits per heavy atom. The fourth-order valence-corrected chi connectivity index (χ4v) is 4.76. The molecule has 1 aromatic heterocycles. The van der Waals surface area contributed by atoms with Crippen LogP contribution in [0.15, 0.2) is 101 Å². The molecule has 1 heterocycles. The average Bonchev–Trinajstić information content (AvgIpc) is 3.37. The summed E-state index contributed by atoms with van der Waals surface area (Å²) in [5.74, 6) is 0.569. The second-order valence-electron chi connectivity index (χ2n) is 8.14. The van der Waals surface area contributed by atoms with Crippen LogP contribution in [0, 0.1) is 12.1 Å². The zero-order valence-corrected chi connectivity index (χ0v) is 22.7. The zero-order valence-electron chi connectivity index (χ0n) is 20.4. The Balaban J connectivity index is 1.45. The van der Waals surface area contributed by atoms with Crippen molar-refractivity contribution in [2.24, 2.45) is 4.99 Å². The highest BCUT2D eigenvalue weighted by molar-refractivity contribution is 7.87. The highest BCUT2D eigenvalue weighted by Gasteiger charge is 2.19. The quantitative estimate of drug-likeness (QED) is 0.147. The van der Waals surface area contributed by atoms with E-state index in [1.165, 1.54) is 31.4 Å². The highest BCUT2D eigenvalue weighted by atomic mass is 35.5. The van der Waals surface area contributed by atoms with Crippen LogP contribution in [0.3, 0.4) is 0 Å². The predicted octanol–water partition coefficient (Wildman–Crippen LogP) is 6.97. The van der Waals surface area contributed by atoms with E-state index in [2.05, 4.69) is 17.1 Å². The molecule has 0 saturated heterocycles. The molecule has 194 valence electrons. The van der Waals surface area contributed by atoms with Crippen molar-refractivity contribution in [1.82, 2.24) is 9.78 Å². The van der Waals surface area contributed by atoms with E-state index in [4.69, 9.17) is 37.2 Å².